The molecule has 0 fully saturated rings. The predicted molar refractivity (Wildman–Crippen MR) is 12.4 cm³/mol. The van der Waals surface area contributed by atoms with Crippen molar-refractivity contribution in [3.05, 3.63) is 0 Å². The molecule has 0 aliphatic carbocycles. The molecule has 3 N–H and O–H groups in total. The summed E-state index contributed by atoms with van der Waals surface area (Å²) in [6, 6.07) is 0. The van der Waals surface area contributed by atoms with Crippen LogP contribution in [0.5, 0.6) is 0 Å². The minimum absolute atomic E-state index is 0. The van der Waals surface area contributed by atoms with Crippen molar-refractivity contribution in [3.63, 3.8) is 0 Å². The first-order chi connectivity index (χ1) is 1.73. The van der Waals surface area contributed by atoms with Crippen LogP contribution in [0.15, 0.2) is 0 Å². The Labute approximate surface area is 140 Å². The van der Waals surface area contributed by atoms with E-state index in [1.165, 1.54) is 0 Å². The van der Waals surface area contributed by atoms with E-state index in [4.69, 9.17) is 15.1 Å². The Balaban J connectivity index is -0.0000000150. The second kappa shape index (κ2) is 16.5. The van der Waals surface area contributed by atoms with Crippen molar-refractivity contribution in [1.29, 1.82) is 0 Å². The number of rotatable bonds is 0. The summed E-state index contributed by atoms with van der Waals surface area (Å²) in [5.41, 5.74) is 0. The molecule has 0 unspecified atom stereocenters. The van der Waals surface area contributed by atoms with Crippen LogP contribution in [0, 0.1) is 89.3 Å². The Morgan fingerprint density at radius 2 is 1.00 bits per heavy atom. The van der Waals surface area contributed by atoms with Crippen LogP contribution in [0.25, 0.3) is 0 Å². The van der Waals surface area contributed by atoms with Gasteiger partial charge in [0.2, 0.25) is 0 Å². The van der Waals surface area contributed by atoms with E-state index >= 15 is 0 Å². The van der Waals surface area contributed by atoms with Gasteiger partial charge in [-0.1, -0.05) is 0 Å². The first-order valence-corrected chi connectivity index (χ1v) is 0.775. The molecule has 0 bridgehead atoms. The van der Waals surface area contributed by atoms with Crippen molar-refractivity contribution in [2.24, 2.45) is 0 Å². The fraction of sp³-hybridized carbons (Fsp3) is 0. The molecule has 3 nitrogen and oxygen atoms in total. The van der Waals surface area contributed by atoms with E-state index in [-0.39, 0.29) is 122 Å². The average molecular weight is 460 g/mol. The van der Waals surface area contributed by atoms with E-state index in [9.17, 15) is 0 Å². The third-order valence-electron chi connectivity index (χ3n) is 0. The fourth-order valence-corrected chi connectivity index (χ4v) is 0. The van der Waals surface area contributed by atoms with Crippen LogP contribution in [0.3, 0.4) is 0 Å². The monoisotopic (exact) mass is 462 g/mol. The van der Waals surface area contributed by atoms with Gasteiger partial charge in [0.25, 0.3) is 0 Å². The molecule has 0 heterocycles. The van der Waals surface area contributed by atoms with Gasteiger partial charge in [-0.05, 0) is 0 Å². The van der Waals surface area contributed by atoms with Gasteiger partial charge in [0.1, 0.15) is 0 Å². The van der Waals surface area contributed by atoms with Gasteiger partial charge in [0.05, 0.1) is 0 Å². The molecule has 0 aromatic heterocycles. The molecule has 0 rings (SSSR count). The third kappa shape index (κ3) is 40.3. The van der Waals surface area contributed by atoms with E-state index in [2.05, 4.69) is 0 Å². The predicted octanol–water partition coefficient (Wildman–Crippen LogP) is -2.05. The molecular weight excluding hydrogens is 457 g/mol. The first-order valence-electron chi connectivity index (χ1n) is 0.775. The summed E-state index contributed by atoms with van der Waals surface area (Å²) in [6.07, 6.45) is 0. The van der Waals surface area contributed by atoms with Gasteiger partial charge < -0.3 is 15.1 Å². The van der Waals surface area contributed by atoms with Crippen molar-refractivity contribution in [1.82, 2.24) is 0 Å². The zero-order chi connectivity index (χ0) is 3.58. The number of hydrogen-bond acceptors (Lipinski definition) is 3. The summed E-state index contributed by atoms with van der Waals surface area (Å²) in [4.78, 5) is 0. The largest absolute Gasteiger partial charge is 0.631 e. The molecular formula is H3BEuGdO3Y. The summed E-state index contributed by atoms with van der Waals surface area (Å²) < 4.78 is 0. The third-order valence-corrected chi connectivity index (χ3v) is 0. The van der Waals surface area contributed by atoms with E-state index in [0.29, 0.717) is 0 Å². The van der Waals surface area contributed by atoms with Crippen LogP contribution in [0.1, 0.15) is 0 Å². The van der Waals surface area contributed by atoms with Gasteiger partial charge in [-0.3, -0.25) is 0 Å². The van der Waals surface area contributed by atoms with E-state index in [1.807, 2.05) is 0 Å². The van der Waals surface area contributed by atoms with E-state index in [0.717, 1.165) is 0 Å². The maximum absolute atomic E-state index is 7.17. The molecule has 0 atom stereocenters. The molecule has 0 aliphatic heterocycles. The molecule has 7 heteroatoms. The van der Waals surface area contributed by atoms with Gasteiger partial charge in [-0.2, -0.15) is 0 Å². The normalized spacial score (nSPS) is 3.86. The zero-order valence-electron chi connectivity index (χ0n) is 3.23. The van der Waals surface area contributed by atoms with Crippen molar-refractivity contribution in [3.8, 4) is 0 Å². The van der Waals surface area contributed by atoms with Gasteiger partial charge in [0, 0.05) is 122 Å². The molecule has 42 valence electrons. The van der Waals surface area contributed by atoms with E-state index in [1.54, 1.807) is 0 Å². The second-order valence-electron chi connectivity index (χ2n) is 0.346. The Hall–Kier alpha value is 3.96. The maximum atomic E-state index is 7.17. The maximum Gasteiger partial charge on any atom is 0.631 e. The first kappa shape index (κ1) is 22.4. The minimum atomic E-state index is -2.17. The Morgan fingerprint density at radius 1 is 1.00 bits per heavy atom. The van der Waals surface area contributed by atoms with Crippen LogP contribution >= 0.6 is 0 Å². The van der Waals surface area contributed by atoms with Crippen LogP contribution in [0.4, 0.5) is 0 Å². The quantitative estimate of drug-likeness (QED) is 0.365. The van der Waals surface area contributed by atoms with Crippen molar-refractivity contribution < 1.29 is 137 Å². The average Bonchev–Trinajstić information content (AvgIpc) is 0.811. The summed E-state index contributed by atoms with van der Waals surface area (Å²) in [5.74, 6) is 0. The molecule has 0 spiro atoms. The summed E-state index contributed by atoms with van der Waals surface area (Å²) >= 11 is 0. The summed E-state index contributed by atoms with van der Waals surface area (Å²) in [7, 11) is -2.17. The van der Waals surface area contributed by atoms with Crippen molar-refractivity contribution >= 4 is 7.32 Å². The zero-order valence-corrected chi connectivity index (χ0v) is 10.8. The molecule has 0 saturated heterocycles. The standard InChI is InChI=1S/BH3O3.Eu.Gd.Y/c2-1(3)4;;;/h2-4H;;;. The van der Waals surface area contributed by atoms with Gasteiger partial charge in [-0.15, -0.1) is 0 Å². The van der Waals surface area contributed by atoms with Crippen molar-refractivity contribution in [2.75, 3.05) is 0 Å². The number of hydrogen-bond donors (Lipinski definition) is 3. The van der Waals surface area contributed by atoms with Crippen LogP contribution in [-0.4, -0.2) is 22.4 Å². The Bertz CT molecular complexity index is 19.7. The molecule has 0 amide bonds. The minimum Gasteiger partial charge on any atom is -0.402 e. The Morgan fingerprint density at radius 3 is 1.00 bits per heavy atom. The SMILES string of the molecule is OB(O)O.[Eu].[Gd].[Y]. The van der Waals surface area contributed by atoms with Gasteiger partial charge in [-0.25, -0.2) is 0 Å². The molecule has 0 aromatic carbocycles. The molecule has 7 heavy (non-hydrogen) atoms. The topological polar surface area (TPSA) is 60.7 Å². The summed E-state index contributed by atoms with van der Waals surface area (Å²) in [5, 5.41) is 21.5. The Kier molecular flexibility index (Phi) is 52.9. The summed E-state index contributed by atoms with van der Waals surface area (Å²) in [6.45, 7) is 0. The smallest absolute Gasteiger partial charge is 0.402 e. The van der Waals surface area contributed by atoms with Crippen LogP contribution < -0.4 is 0 Å². The molecule has 0 saturated carbocycles. The van der Waals surface area contributed by atoms with E-state index < -0.39 is 7.32 Å². The molecule has 0 aliphatic rings. The van der Waals surface area contributed by atoms with Gasteiger partial charge in [0.15, 0.2) is 0 Å². The van der Waals surface area contributed by atoms with Gasteiger partial charge >= 0.3 is 7.32 Å². The van der Waals surface area contributed by atoms with Crippen LogP contribution in [-0.2, 0) is 32.7 Å². The fourth-order valence-electron chi connectivity index (χ4n) is 0. The second-order valence-corrected chi connectivity index (χ2v) is 0.346. The molecule has 2 radical (unpaired) electrons. The van der Waals surface area contributed by atoms with Crippen LogP contribution in [0.2, 0.25) is 0 Å². The van der Waals surface area contributed by atoms with Crippen molar-refractivity contribution in [2.45, 2.75) is 0 Å². The molecule has 0 aromatic rings.